The molecule has 4 heterocycles. The Labute approximate surface area is 248 Å². The number of rotatable bonds is 7. The van der Waals surface area contributed by atoms with Gasteiger partial charge in [-0.1, -0.05) is 12.1 Å². The molecule has 12 nitrogen and oxygen atoms in total. The summed E-state index contributed by atoms with van der Waals surface area (Å²) in [7, 11) is -3.94. The van der Waals surface area contributed by atoms with Gasteiger partial charge in [-0.05, 0) is 48.4 Å². The van der Waals surface area contributed by atoms with Gasteiger partial charge in [0.2, 0.25) is 0 Å². The van der Waals surface area contributed by atoms with Crippen LogP contribution in [0.3, 0.4) is 0 Å². The van der Waals surface area contributed by atoms with E-state index in [-0.39, 0.29) is 11.7 Å². The number of carbonyl (C=O) groups is 1. The van der Waals surface area contributed by atoms with E-state index in [9.17, 15) is 26.4 Å². The number of fused-ring (bicyclic) bond motifs is 1. The first-order valence-corrected chi connectivity index (χ1v) is 15.0. The number of amides is 2. The van der Waals surface area contributed by atoms with Crippen LogP contribution in [-0.2, 0) is 16.0 Å². The van der Waals surface area contributed by atoms with E-state index >= 15 is 0 Å². The number of carbonyl (C=O) groups excluding carboxylic acids is 1. The van der Waals surface area contributed by atoms with Crippen LogP contribution in [0, 0.1) is 0 Å². The molecule has 0 bridgehead atoms. The van der Waals surface area contributed by atoms with Crippen LogP contribution in [0.2, 0.25) is 0 Å². The zero-order valence-corrected chi connectivity index (χ0v) is 23.7. The first-order chi connectivity index (χ1) is 20.9. The van der Waals surface area contributed by atoms with E-state index in [4.69, 9.17) is 9.72 Å². The minimum atomic E-state index is -4.74. The Morgan fingerprint density at radius 2 is 1.70 bits per heavy atom. The van der Waals surface area contributed by atoms with Crippen molar-refractivity contribution in [2.75, 3.05) is 34.9 Å². The maximum atomic E-state index is 13.2. The van der Waals surface area contributed by atoms with E-state index in [0.29, 0.717) is 17.9 Å². The van der Waals surface area contributed by atoms with Crippen LogP contribution in [-0.4, -0.2) is 58.4 Å². The van der Waals surface area contributed by atoms with Crippen LogP contribution in [0.25, 0.3) is 16.8 Å². The molecule has 3 aromatic heterocycles. The van der Waals surface area contributed by atoms with E-state index in [1.54, 1.807) is 22.8 Å². The number of nitrogens with zero attached hydrogens (tertiary/aromatic N) is 6. The molecule has 2 amide bonds. The average Bonchev–Trinajstić information content (AvgIpc) is 3.36. The summed E-state index contributed by atoms with van der Waals surface area (Å²) >= 11 is 0. The SMILES string of the molecule is CS(=O)(=O)c1ccc(C(F)(F)F)cc1NC(=O)Nc1cnc(Oc2ccc(-c3cnn4ccc(N5CCC5)nc34)cc2)nc1. The van der Waals surface area contributed by atoms with Gasteiger partial charge in [0, 0.05) is 31.1 Å². The molecule has 0 saturated carbocycles. The van der Waals surface area contributed by atoms with E-state index in [2.05, 4.69) is 30.6 Å². The van der Waals surface area contributed by atoms with Gasteiger partial charge in [-0.2, -0.15) is 18.3 Å². The molecule has 5 aromatic rings. The Bertz CT molecular complexity index is 1960. The zero-order valence-electron chi connectivity index (χ0n) is 22.9. The molecule has 226 valence electrons. The molecule has 16 heteroatoms. The number of nitrogens with one attached hydrogen (secondary N) is 2. The lowest BCUT2D eigenvalue weighted by molar-refractivity contribution is -0.137. The molecular formula is C28H23F3N8O4S. The second-order valence-corrected chi connectivity index (χ2v) is 11.9. The predicted octanol–water partition coefficient (Wildman–Crippen LogP) is 5.26. The number of aromatic nitrogens is 5. The molecule has 0 radical (unpaired) electrons. The minimum absolute atomic E-state index is 0.0298. The number of ether oxygens (including phenoxy) is 1. The largest absolute Gasteiger partial charge is 0.424 e. The quantitative estimate of drug-likeness (QED) is 0.248. The van der Waals surface area contributed by atoms with Gasteiger partial charge < -0.3 is 20.3 Å². The van der Waals surface area contributed by atoms with E-state index in [1.165, 1.54) is 12.4 Å². The van der Waals surface area contributed by atoms with Gasteiger partial charge in [0.05, 0.1) is 40.4 Å². The van der Waals surface area contributed by atoms with E-state index in [0.717, 1.165) is 54.4 Å². The van der Waals surface area contributed by atoms with Crippen LogP contribution < -0.4 is 20.3 Å². The summed E-state index contributed by atoms with van der Waals surface area (Å²) < 4.78 is 70.9. The Kier molecular flexibility index (Phi) is 7.28. The molecule has 0 aliphatic carbocycles. The summed E-state index contributed by atoms with van der Waals surface area (Å²) in [6.07, 6.45) is 3.30. The van der Waals surface area contributed by atoms with Gasteiger partial charge >= 0.3 is 18.2 Å². The molecule has 1 aliphatic rings. The van der Waals surface area contributed by atoms with Gasteiger partial charge in [0.25, 0.3) is 0 Å². The number of benzene rings is 2. The predicted molar refractivity (Wildman–Crippen MR) is 155 cm³/mol. The van der Waals surface area contributed by atoms with Crippen molar-refractivity contribution in [1.82, 2.24) is 24.6 Å². The maximum absolute atomic E-state index is 13.2. The summed E-state index contributed by atoms with van der Waals surface area (Å²) in [6, 6.07) is 10.0. The molecule has 2 aromatic carbocycles. The van der Waals surface area contributed by atoms with Crippen LogP contribution in [0.4, 0.5) is 35.2 Å². The zero-order chi connectivity index (χ0) is 31.1. The Morgan fingerprint density at radius 1 is 0.977 bits per heavy atom. The fourth-order valence-electron chi connectivity index (χ4n) is 4.44. The van der Waals surface area contributed by atoms with Gasteiger partial charge in [-0.25, -0.2) is 32.7 Å². The summed E-state index contributed by atoms with van der Waals surface area (Å²) in [5.41, 5.74) is 0.908. The van der Waals surface area contributed by atoms with Crippen LogP contribution in [0.1, 0.15) is 12.0 Å². The molecule has 1 fully saturated rings. The average molecular weight is 625 g/mol. The van der Waals surface area contributed by atoms with Crippen molar-refractivity contribution in [2.24, 2.45) is 0 Å². The standard InChI is InChI=1S/C28H23F3N8O4S/c1-44(41,42)23-8-5-18(28(29,30)31)13-22(23)36-26(40)35-19-14-32-27(33-15-19)43-20-6-3-17(4-7-20)21-16-34-39-12-9-24(37-25(21)39)38-10-2-11-38/h3-9,12-16H,2,10-11H2,1H3,(H2,35,36,40). The summed E-state index contributed by atoms with van der Waals surface area (Å²) in [6.45, 7) is 1.97. The smallest absolute Gasteiger partial charge is 0.416 e. The lowest BCUT2D eigenvalue weighted by atomic mass is 10.1. The Morgan fingerprint density at radius 3 is 2.34 bits per heavy atom. The first kappa shape index (κ1) is 28.9. The molecule has 0 atom stereocenters. The number of halogens is 3. The molecule has 2 N–H and O–H groups in total. The molecule has 1 aliphatic heterocycles. The number of anilines is 3. The highest BCUT2D eigenvalue weighted by Gasteiger charge is 2.32. The highest BCUT2D eigenvalue weighted by Crippen LogP contribution is 2.34. The third-order valence-corrected chi connectivity index (χ3v) is 7.90. The van der Waals surface area contributed by atoms with Gasteiger partial charge in [-0.15, -0.1) is 0 Å². The lowest BCUT2D eigenvalue weighted by Crippen LogP contribution is -2.37. The number of sulfone groups is 1. The fraction of sp³-hybridized carbons (Fsp3) is 0.179. The van der Waals surface area contributed by atoms with E-state index < -0.39 is 38.2 Å². The molecule has 6 rings (SSSR count). The van der Waals surface area contributed by atoms with Crippen molar-refractivity contribution >= 4 is 38.7 Å². The minimum Gasteiger partial charge on any atom is -0.424 e. The van der Waals surface area contributed by atoms with Crippen molar-refractivity contribution < 1.29 is 31.1 Å². The monoisotopic (exact) mass is 624 g/mol. The third kappa shape index (κ3) is 6.10. The van der Waals surface area contributed by atoms with Gasteiger partial charge in [0.15, 0.2) is 15.5 Å². The summed E-state index contributed by atoms with van der Waals surface area (Å²) in [4.78, 5) is 27.1. The van der Waals surface area contributed by atoms with Crippen molar-refractivity contribution in [3.63, 3.8) is 0 Å². The van der Waals surface area contributed by atoms with Crippen LogP contribution in [0.5, 0.6) is 11.8 Å². The summed E-state index contributed by atoms with van der Waals surface area (Å²) in [5.74, 6) is 1.35. The molecule has 1 saturated heterocycles. The second kappa shape index (κ2) is 11.1. The first-order valence-electron chi connectivity index (χ1n) is 13.1. The molecule has 44 heavy (non-hydrogen) atoms. The van der Waals surface area contributed by atoms with Crippen molar-refractivity contribution in [3.05, 3.63) is 78.9 Å². The fourth-order valence-corrected chi connectivity index (χ4v) is 5.26. The normalized spacial score (nSPS) is 13.4. The molecule has 0 spiro atoms. The molecule has 0 unspecified atom stereocenters. The highest BCUT2D eigenvalue weighted by atomic mass is 32.2. The van der Waals surface area contributed by atoms with Crippen molar-refractivity contribution in [2.45, 2.75) is 17.5 Å². The van der Waals surface area contributed by atoms with Gasteiger partial charge in [0.1, 0.15) is 11.6 Å². The second-order valence-electron chi connectivity index (χ2n) is 9.89. The van der Waals surface area contributed by atoms with Crippen LogP contribution >= 0.6 is 0 Å². The highest BCUT2D eigenvalue weighted by molar-refractivity contribution is 7.90. The number of hydrogen-bond acceptors (Lipinski definition) is 9. The number of urea groups is 1. The van der Waals surface area contributed by atoms with Gasteiger partial charge in [-0.3, -0.25) is 0 Å². The number of alkyl halides is 3. The third-order valence-electron chi connectivity index (χ3n) is 6.75. The Hall–Kier alpha value is -5.25. The van der Waals surface area contributed by atoms with Crippen molar-refractivity contribution in [1.29, 1.82) is 0 Å². The maximum Gasteiger partial charge on any atom is 0.416 e. The van der Waals surface area contributed by atoms with Crippen molar-refractivity contribution in [3.8, 4) is 22.9 Å². The van der Waals surface area contributed by atoms with E-state index in [1.807, 2.05) is 24.4 Å². The molecular weight excluding hydrogens is 601 g/mol. The Balaban J connectivity index is 1.11. The van der Waals surface area contributed by atoms with Crippen LogP contribution in [0.15, 0.2) is 78.2 Å². The summed E-state index contributed by atoms with van der Waals surface area (Å²) in [5, 5.41) is 8.88. The number of hydrogen-bond donors (Lipinski definition) is 2. The topological polar surface area (TPSA) is 144 Å². The lowest BCUT2D eigenvalue weighted by Gasteiger charge is -2.31.